The van der Waals surface area contributed by atoms with Crippen molar-refractivity contribution in [3.63, 3.8) is 0 Å². The molecule has 0 aliphatic rings. The average Bonchev–Trinajstić information content (AvgIpc) is 2.98. The Morgan fingerprint density at radius 2 is 0.795 bits per heavy atom. The molecule has 7 nitrogen and oxygen atoms in total. The molecule has 2 N–H and O–H groups in total. The third kappa shape index (κ3) is 7.97. The predicted octanol–water partition coefficient (Wildman–Crippen LogP) is 4.14. The van der Waals surface area contributed by atoms with Gasteiger partial charge in [-0.25, -0.2) is 9.59 Å². The van der Waals surface area contributed by atoms with E-state index in [0.29, 0.717) is 11.1 Å². The van der Waals surface area contributed by atoms with Gasteiger partial charge in [0.1, 0.15) is 12.1 Å². The van der Waals surface area contributed by atoms with Gasteiger partial charge in [-0.15, -0.1) is 0 Å². The Morgan fingerprint density at radius 1 is 0.487 bits per heavy atom. The minimum absolute atomic E-state index is 0.116. The van der Waals surface area contributed by atoms with E-state index in [1.165, 1.54) is 0 Å². The molecular weight excluding hydrogens is 492 g/mol. The summed E-state index contributed by atoms with van der Waals surface area (Å²) in [6.07, 6.45) is 0.233. The molecule has 4 aromatic rings. The molecule has 0 saturated carbocycles. The molecule has 39 heavy (non-hydrogen) atoms. The summed E-state index contributed by atoms with van der Waals surface area (Å²) in [5, 5.41) is 5.38. The molecule has 4 rings (SSSR count). The van der Waals surface area contributed by atoms with Gasteiger partial charge in [-0.2, -0.15) is 0 Å². The lowest BCUT2D eigenvalue weighted by Gasteiger charge is -2.21. The van der Waals surface area contributed by atoms with Crippen LogP contribution in [0, 0.1) is 0 Å². The summed E-state index contributed by atoms with van der Waals surface area (Å²) in [5.74, 6) is -2.78. The summed E-state index contributed by atoms with van der Waals surface area (Å²) >= 11 is 0. The molecule has 2 unspecified atom stereocenters. The lowest BCUT2D eigenvalue weighted by molar-refractivity contribution is -0.162. The fraction of sp³-hybridized carbons (Fsp3) is 0.125. The predicted molar refractivity (Wildman–Crippen MR) is 147 cm³/mol. The van der Waals surface area contributed by atoms with Gasteiger partial charge in [-0.1, -0.05) is 97.1 Å². The second-order valence-corrected chi connectivity index (χ2v) is 8.90. The van der Waals surface area contributed by atoms with E-state index in [2.05, 4.69) is 10.6 Å². The van der Waals surface area contributed by atoms with E-state index in [-0.39, 0.29) is 12.8 Å². The molecule has 2 amide bonds. The van der Waals surface area contributed by atoms with E-state index in [1.54, 1.807) is 60.7 Å². The first-order chi connectivity index (χ1) is 19.0. The fourth-order valence-corrected chi connectivity index (χ4v) is 3.99. The first-order valence-corrected chi connectivity index (χ1v) is 12.5. The molecule has 0 aliphatic carbocycles. The van der Waals surface area contributed by atoms with E-state index in [1.807, 2.05) is 60.7 Å². The second kappa shape index (κ2) is 13.5. The van der Waals surface area contributed by atoms with Crippen molar-refractivity contribution in [1.29, 1.82) is 0 Å². The van der Waals surface area contributed by atoms with Gasteiger partial charge in [0.05, 0.1) is 0 Å². The molecule has 0 saturated heterocycles. The highest BCUT2D eigenvalue weighted by atomic mass is 16.6. The van der Waals surface area contributed by atoms with Crippen LogP contribution in [-0.2, 0) is 27.2 Å². The summed E-state index contributed by atoms with van der Waals surface area (Å²) in [7, 11) is 0. The number of amides is 2. The van der Waals surface area contributed by atoms with Crippen molar-refractivity contribution in [3.05, 3.63) is 144 Å². The van der Waals surface area contributed by atoms with E-state index in [4.69, 9.17) is 4.74 Å². The highest BCUT2D eigenvalue weighted by molar-refractivity contribution is 6.00. The molecule has 0 bridgehead atoms. The van der Waals surface area contributed by atoms with E-state index in [0.717, 1.165) is 11.1 Å². The number of carbonyl (C=O) groups excluding carboxylic acids is 4. The second-order valence-electron chi connectivity index (χ2n) is 8.90. The third-order valence-electron chi connectivity index (χ3n) is 6.02. The highest BCUT2D eigenvalue weighted by Crippen LogP contribution is 2.10. The van der Waals surface area contributed by atoms with Gasteiger partial charge in [0.2, 0.25) is 0 Å². The van der Waals surface area contributed by atoms with Crippen molar-refractivity contribution >= 4 is 23.8 Å². The Kier molecular flexibility index (Phi) is 9.34. The van der Waals surface area contributed by atoms with Gasteiger partial charge >= 0.3 is 11.9 Å². The molecule has 4 aromatic carbocycles. The molecule has 0 heterocycles. The molecule has 0 spiro atoms. The van der Waals surface area contributed by atoms with Crippen LogP contribution in [-0.4, -0.2) is 35.8 Å². The number of carbonyl (C=O) groups is 4. The SMILES string of the molecule is O=C(NC(Cc1ccccc1)C(=O)OC(=O)C(Cc1ccccc1)NC(=O)c1ccccc1)c1ccccc1. The van der Waals surface area contributed by atoms with E-state index < -0.39 is 35.8 Å². The molecule has 0 aliphatic heterocycles. The Balaban J connectivity index is 1.52. The number of hydrogen-bond donors (Lipinski definition) is 2. The fourth-order valence-electron chi connectivity index (χ4n) is 3.99. The van der Waals surface area contributed by atoms with Gasteiger partial charge in [0, 0.05) is 24.0 Å². The quantitative estimate of drug-likeness (QED) is 0.242. The monoisotopic (exact) mass is 520 g/mol. The minimum Gasteiger partial charge on any atom is -0.390 e. The van der Waals surface area contributed by atoms with Crippen molar-refractivity contribution in [2.75, 3.05) is 0 Å². The average molecular weight is 521 g/mol. The van der Waals surface area contributed by atoms with Crippen LogP contribution in [0.5, 0.6) is 0 Å². The van der Waals surface area contributed by atoms with E-state index >= 15 is 0 Å². The van der Waals surface area contributed by atoms with Crippen molar-refractivity contribution in [1.82, 2.24) is 10.6 Å². The third-order valence-corrected chi connectivity index (χ3v) is 6.02. The largest absolute Gasteiger partial charge is 0.390 e. The number of rotatable bonds is 10. The smallest absolute Gasteiger partial charge is 0.336 e. The van der Waals surface area contributed by atoms with Crippen LogP contribution in [0.25, 0.3) is 0 Å². The molecule has 0 aromatic heterocycles. The minimum atomic E-state index is -1.13. The molecule has 196 valence electrons. The van der Waals surface area contributed by atoms with Crippen LogP contribution in [0.2, 0.25) is 0 Å². The Bertz CT molecular complexity index is 1280. The van der Waals surface area contributed by atoms with Crippen molar-refractivity contribution in [2.45, 2.75) is 24.9 Å². The standard InChI is InChI=1S/C32H28N2O5/c35-29(25-17-9-3-10-18-25)33-27(21-23-13-5-1-6-14-23)31(37)39-32(38)28(22-24-15-7-2-8-16-24)34-30(36)26-19-11-4-12-20-26/h1-20,27-28H,21-22H2,(H,33,35)(H,34,36). The summed E-state index contributed by atoms with van der Waals surface area (Å²) in [5.41, 5.74) is 2.29. The zero-order valence-corrected chi connectivity index (χ0v) is 21.2. The molecule has 2 atom stereocenters. The highest BCUT2D eigenvalue weighted by Gasteiger charge is 2.30. The van der Waals surface area contributed by atoms with Crippen LogP contribution >= 0.6 is 0 Å². The zero-order chi connectivity index (χ0) is 27.5. The number of benzene rings is 4. The normalized spacial score (nSPS) is 12.0. The van der Waals surface area contributed by atoms with Gasteiger partial charge in [-0.3, -0.25) is 9.59 Å². The Hall–Kier alpha value is -5.04. The van der Waals surface area contributed by atoms with E-state index in [9.17, 15) is 19.2 Å². The molecular formula is C32H28N2O5. The number of hydrogen-bond acceptors (Lipinski definition) is 5. The zero-order valence-electron chi connectivity index (χ0n) is 21.2. The van der Waals surface area contributed by atoms with Gasteiger partial charge in [0.25, 0.3) is 11.8 Å². The first-order valence-electron chi connectivity index (χ1n) is 12.5. The van der Waals surface area contributed by atoms with Gasteiger partial charge < -0.3 is 15.4 Å². The summed E-state index contributed by atoms with van der Waals surface area (Å²) in [6.45, 7) is 0. The van der Waals surface area contributed by atoms with Crippen LogP contribution in [0.1, 0.15) is 31.8 Å². The molecule has 0 radical (unpaired) electrons. The summed E-state index contributed by atoms with van der Waals surface area (Å²) in [6, 6.07) is 32.9. The Morgan fingerprint density at radius 3 is 1.13 bits per heavy atom. The lowest BCUT2D eigenvalue weighted by atomic mass is 10.0. The van der Waals surface area contributed by atoms with Crippen LogP contribution < -0.4 is 10.6 Å². The maximum atomic E-state index is 13.3. The molecule has 0 fully saturated rings. The summed E-state index contributed by atoms with van der Waals surface area (Å²) in [4.78, 5) is 52.2. The molecule has 7 heteroatoms. The van der Waals surface area contributed by atoms with Gasteiger partial charge in [0.15, 0.2) is 0 Å². The van der Waals surface area contributed by atoms with Crippen LogP contribution in [0.3, 0.4) is 0 Å². The number of esters is 2. The van der Waals surface area contributed by atoms with Crippen molar-refractivity contribution in [2.24, 2.45) is 0 Å². The first kappa shape index (κ1) is 27.0. The summed E-state index contributed by atoms with van der Waals surface area (Å²) < 4.78 is 5.29. The number of nitrogens with one attached hydrogen (secondary N) is 2. The van der Waals surface area contributed by atoms with Crippen molar-refractivity contribution < 1.29 is 23.9 Å². The lowest BCUT2D eigenvalue weighted by Crippen LogP contribution is -2.48. The van der Waals surface area contributed by atoms with Crippen molar-refractivity contribution in [3.8, 4) is 0 Å². The van der Waals surface area contributed by atoms with Gasteiger partial charge in [-0.05, 0) is 35.4 Å². The Labute approximate surface area is 226 Å². The van der Waals surface area contributed by atoms with Crippen LogP contribution in [0.15, 0.2) is 121 Å². The maximum Gasteiger partial charge on any atom is 0.336 e. The topological polar surface area (TPSA) is 102 Å². The van der Waals surface area contributed by atoms with Crippen LogP contribution in [0.4, 0.5) is 0 Å². The number of ether oxygens (including phenoxy) is 1. The maximum absolute atomic E-state index is 13.3.